The van der Waals surface area contributed by atoms with E-state index in [-0.39, 0.29) is 17.7 Å². The molecule has 0 radical (unpaired) electrons. The third kappa shape index (κ3) is 5.32. The second kappa shape index (κ2) is 9.04. The molecule has 1 aliphatic heterocycles. The maximum Gasteiger partial charge on any atom is 0.227 e. The zero-order valence-corrected chi connectivity index (χ0v) is 16.3. The molecule has 1 fully saturated rings. The van der Waals surface area contributed by atoms with Gasteiger partial charge in [0.15, 0.2) is 0 Å². The highest BCUT2D eigenvalue weighted by molar-refractivity contribution is 6.30. The lowest BCUT2D eigenvalue weighted by Gasteiger charge is -2.34. The molecule has 144 valence electrons. The van der Waals surface area contributed by atoms with Gasteiger partial charge in [-0.25, -0.2) is 4.98 Å². The lowest BCUT2D eigenvalue weighted by Crippen LogP contribution is -2.46. The molecule has 1 saturated heterocycles. The summed E-state index contributed by atoms with van der Waals surface area (Å²) >= 11 is 6.11. The van der Waals surface area contributed by atoms with Crippen LogP contribution >= 0.6 is 11.6 Å². The van der Waals surface area contributed by atoms with Gasteiger partial charge in [-0.15, -0.1) is 0 Å². The molecule has 1 unspecified atom stereocenters. The Balaban J connectivity index is 1.72. The maximum absolute atomic E-state index is 13.2. The molecule has 27 heavy (non-hydrogen) atoms. The number of halogens is 1. The van der Waals surface area contributed by atoms with E-state index < -0.39 is 0 Å². The maximum atomic E-state index is 13.2. The van der Waals surface area contributed by atoms with Gasteiger partial charge in [-0.2, -0.15) is 0 Å². The molecule has 2 aromatic rings. The Hall–Kier alpha value is -2.34. The van der Waals surface area contributed by atoms with Crippen LogP contribution in [-0.2, 0) is 22.7 Å². The topological polar surface area (TPSA) is 58.4 Å². The van der Waals surface area contributed by atoms with E-state index in [1.165, 1.54) is 0 Å². The summed E-state index contributed by atoms with van der Waals surface area (Å²) in [7, 11) is 0. The highest BCUT2D eigenvalue weighted by Gasteiger charge is 2.30. The number of carbonyl (C=O) groups excluding carboxylic acids is 2. The first-order valence-electron chi connectivity index (χ1n) is 9.27. The number of piperidine rings is 1. The van der Waals surface area contributed by atoms with Crippen molar-refractivity contribution < 1.29 is 9.59 Å². The van der Waals surface area contributed by atoms with E-state index in [0.717, 1.165) is 24.9 Å². The van der Waals surface area contributed by atoms with Gasteiger partial charge in [0.2, 0.25) is 11.8 Å². The Morgan fingerprint density at radius 2 is 2.22 bits per heavy atom. The van der Waals surface area contributed by atoms with Gasteiger partial charge < -0.3 is 14.4 Å². The number of imidazole rings is 1. The smallest absolute Gasteiger partial charge is 0.227 e. The second-order valence-electron chi connectivity index (χ2n) is 6.99. The summed E-state index contributed by atoms with van der Waals surface area (Å²) in [6.07, 6.45) is 7.05. The van der Waals surface area contributed by atoms with Gasteiger partial charge in [0.05, 0.1) is 12.2 Å². The van der Waals surface area contributed by atoms with Crippen molar-refractivity contribution in [2.45, 2.75) is 32.9 Å². The molecule has 2 heterocycles. The average Bonchev–Trinajstić information content (AvgIpc) is 3.18. The monoisotopic (exact) mass is 388 g/mol. The van der Waals surface area contributed by atoms with Crippen LogP contribution in [0.25, 0.3) is 0 Å². The summed E-state index contributed by atoms with van der Waals surface area (Å²) in [6.45, 7) is 4.57. The van der Waals surface area contributed by atoms with E-state index >= 15 is 0 Å². The number of hydrogen-bond donors (Lipinski definition) is 0. The van der Waals surface area contributed by atoms with Crippen molar-refractivity contribution in [1.82, 2.24) is 19.4 Å². The lowest BCUT2D eigenvalue weighted by molar-refractivity contribution is -0.140. The van der Waals surface area contributed by atoms with E-state index in [9.17, 15) is 9.59 Å². The molecule has 0 N–H and O–H groups in total. The summed E-state index contributed by atoms with van der Waals surface area (Å²) in [5.41, 5.74) is 1.00. The molecule has 1 aromatic carbocycles. The Morgan fingerprint density at radius 3 is 2.93 bits per heavy atom. The summed E-state index contributed by atoms with van der Waals surface area (Å²) in [5, 5.41) is 0.662. The molecule has 3 rings (SSSR count). The molecule has 2 amide bonds. The molecular formula is C20H25ClN4O2. The summed E-state index contributed by atoms with van der Waals surface area (Å²) in [5.74, 6) is -0.0158. The molecule has 1 aromatic heterocycles. The average molecular weight is 389 g/mol. The van der Waals surface area contributed by atoms with E-state index in [4.69, 9.17) is 11.6 Å². The number of aromatic nitrogens is 2. The molecular weight excluding hydrogens is 364 g/mol. The molecule has 0 aliphatic carbocycles. The zero-order chi connectivity index (χ0) is 19.2. The molecule has 0 spiro atoms. The van der Waals surface area contributed by atoms with Crippen molar-refractivity contribution >= 4 is 23.4 Å². The summed E-state index contributed by atoms with van der Waals surface area (Å²) in [6, 6.07) is 7.59. The molecule has 7 heteroatoms. The number of likely N-dealkylation sites (tertiary alicyclic amines) is 1. The van der Waals surface area contributed by atoms with Crippen molar-refractivity contribution in [2.24, 2.45) is 5.92 Å². The van der Waals surface area contributed by atoms with Gasteiger partial charge in [-0.1, -0.05) is 23.7 Å². The largest absolute Gasteiger partial charge is 0.342 e. The van der Waals surface area contributed by atoms with Gasteiger partial charge in [-0.3, -0.25) is 9.59 Å². The van der Waals surface area contributed by atoms with E-state index in [1.54, 1.807) is 24.3 Å². The second-order valence-corrected chi connectivity index (χ2v) is 7.43. The van der Waals surface area contributed by atoms with Crippen LogP contribution in [-0.4, -0.2) is 50.8 Å². The molecule has 0 bridgehead atoms. The molecule has 6 nitrogen and oxygen atoms in total. The van der Waals surface area contributed by atoms with Crippen molar-refractivity contribution in [2.75, 3.05) is 19.6 Å². The third-order valence-corrected chi connectivity index (χ3v) is 5.21. The first-order chi connectivity index (χ1) is 13.0. The van der Waals surface area contributed by atoms with E-state index in [0.29, 0.717) is 31.2 Å². The third-order valence-electron chi connectivity index (χ3n) is 4.98. The first-order valence-corrected chi connectivity index (χ1v) is 9.65. The quantitative estimate of drug-likeness (QED) is 0.764. The Kier molecular flexibility index (Phi) is 6.50. The fourth-order valence-electron chi connectivity index (χ4n) is 3.50. The minimum absolute atomic E-state index is 0.0345. The standard InChI is InChI=1S/C20H25ClN4O2/c1-16(26)24-8-3-5-18(14-24)20(27)25(11-10-23-9-7-22-15-23)13-17-4-2-6-19(21)12-17/h2,4,6-7,9,12,15,18H,3,5,8,10-11,13-14H2,1H3. The summed E-state index contributed by atoms with van der Waals surface area (Å²) < 4.78 is 1.96. The highest BCUT2D eigenvalue weighted by atomic mass is 35.5. The lowest BCUT2D eigenvalue weighted by atomic mass is 9.96. The fourth-order valence-corrected chi connectivity index (χ4v) is 3.71. The SMILES string of the molecule is CC(=O)N1CCCC(C(=O)N(CCn2ccnc2)Cc2cccc(Cl)c2)C1. The van der Waals surface area contributed by atoms with Crippen LogP contribution < -0.4 is 0 Å². The molecule has 1 atom stereocenters. The minimum atomic E-state index is -0.148. The van der Waals surface area contributed by atoms with Crippen LogP contribution in [0.1, 0.15) is 25.3 Å². The van der Waals surface area contributed by atoms with Gasteiger partial charge in [0.25, 0.3) is 0 Å². The van der Waals surface area contributed by atoms with Crippen LogP contribution in [0.5, 0.6) is 0 Å². The van der Waals surface area contributed by atoms with Crippen molar-refractivity contribution in [3.8, 4) is 0 Å². The fraction of sp³-hybridized carbons (Fsp3) is 0.450. The highest BCUT2D eigenvalue weighted by Crippen LogP contribution is 2.21. The van der Waals surface area contributed by atoms with E-state index in [1.807, 2.05) is 39.9 Å². The Morgan fingerprint density at radius 1 is 1.37 bits per heavy atom. The van der Waals surface area contributed by atoms with Crippen LogP contribution in [0, 0.1) is 5.92 Å². The van der Waals surface area contributed by atoms with Crippen LogP contribution in [0.4, 0.5) is 0 Å². The van der Waals surface area contributed by atoms with E-state index in [2.05, 4.69) is 4.98 Å². The van der Waals surface area contributed by atoms with Gasteiger partial charge in [0.1, 0.15) is 0 Å². The predicted octanol–water partition coefficient (Wildman–Crippen LogP) is 2.82. The summed E-state index contributed by atoms with van der Waals surface area (Å²) in [4.78, 5) is 32.7. The van der Waals surface area contributed by atoms with Crippen LogP contribution in [0.2, 0.25) is 5.02 Å². The number of nitrogens with zero attached hydrogens (tertiary/aromatic N) is 4. The molecule has 1 aliphatic rings. The number of rotatable bonds is 6. The van der Waals surface area contributed by atoms with Gasteiger partial charge >= 0.3 is 0 Å². The van der Waals surface area contributed by atoms with Crippen LogP contribution in [0.15, 0.2) is 43.0 Å². The number of hydrogen-bond acceptors (Lipinski definition) is 3. The van der Waals surface area contributed by atoms with Gasteiger partial charge in [-0.05, 0) is 30.5 Å². The minimum Gasteiger partial charge on any atom is -0.342 e. The predicted molar refractivity (Wildman–Crippen MR) is 104 cm³/mol. The Bertz CT molecular complexity index is 778. The van der Waals surface area contributed by atoms with Crippen molar-refractivity contribution in [3.63, 3.8) is 0 Å². The van der Waals surface area contributed by atoms with Gasteiger partial charge in [0, 0.05) is 57.1 Å². The normalized spacial score (nSPS) is 17.0. The van der Waals surface area contributed by atoms with Crippen LogP contribution in [0.3, 0.4) is 0 Å². The Labute approximate surface area is 164 Å². The molecule has 0 saturated carbocycles. The first kappa shape index (κ1) is 19.4. The zero-order valence-electron chi connectivity index (χ0n) is 15.6. The number of carbonyl (C=O) groups is 2. The van der Waals surface area contributed by atoms with Crippen molar-refractivity contribution in [1.29, 1.82) is 0 Å². The number of benzene rings is 1. The van der Waals surface area contributed by atoms with Crippen molar-refractivity contribution in [3.05, 3.63) is 53.6 Å². The number of amides is 2.